The van der Waals surface area contributed by atoms with Crippen molar-refractivity contribution in [3.8, 4) is 6.07 Å². The van der Waals surface area contributed by atoms with Gasteiger partial charge in [0.05, 0.1) is 12.5 Å². The van der Waals surface area contributed by atoms with Crippen LogP contribution in [0.3, 0.4) is 0 Å². The largest absolute Gasteiger partial charge is 0.421 e. The Morgan fingerprint density at radius 1 is 1.15 bits per heavy atom. The van der Waals surface area contributed by atoms with E-state index in [1.165, 1.54) is 18.2 Å². The van der Waals surface area contributed by atoms with E-state index in [2.05, 4.69) is 16.0 Å². The lowest BCUT2D eigenvalue weighted by Gasteiger charge is -2.31. The number of halogens is 3. The molecule has 2 aliphatic rings. The molecule has 4 unspecified atom stereocenters. The summed E-state index contributed by atoms with van der Waals surface area (Å²) in [6, 6.07) is 6.04. The minimum atomic E-state index is -5.13. The molecule has 1 heterocycles. The zero-order chi connectivity index (χ0) is 24.9. The Morgan fingerprint density at radius 3 is 2.35 bits per heavy atom. The van der Waals surface area contributed by atoms with E-state index in [1.54, 1.807) is 0 Å². The van der Waals surface area contributed by atoms with Gasteiger partial charge in [0, 0.05) is 12.5 Å². The Morgan fingerprint density at radius 2 is 1.82 bits per heavy atom. The highest BCUT2D eigenvalue weighted by Gasteiger charge is 2.56. The second-order valence-corrected chi connectivity index (χ2v) is 8.90. The van der Waals surface area contributed by atoms with Gasteiger partial charge in [-0.25, -0.2) is 0 Å². The molecule has 184 valence electrons. The summed E-state index contributed by atoms with van der Waals surface area (Å²) < 4.78 is 41.2. The lowest BCUT2D eigenvalue weighted by atomic mass is 9.89. The fraction of sp³-hybridized carbons (Fsp3) is 0.565. The second kappa shape index (κ2) is 10.4. The van der Waals surface area contributed by atoms with E-state index >= 15 is 0 Å². The quantitative estimate of drug-likeness (QED) is 0.404. The molecule has 1 aliphatic heterocycles. The van der Waals surface area contributed by atoms with Crippen molar-refractivity contribution in [3.63, 3.8) is 0 Å². The van der Waals surface area contributed by atoms with Crippen LogP contribution in [-0.4, -0.2) is 47.6 Å². The first-order valence-electron chi connectivity index (χ1n) is 11.1. The van der Waals surface area contributed by atoms with E-state index in [0.29, 0.717) is 13.0 Å². The molecule has 0 aromatic heterocycles. The standard InChI is InChI=1S/C23H27F3N4O4/c24-23(25,26)22(34,16-4-2-1-3-5-16)12-19(31)30-18(10-14-6-7-14)21(33)29-17(13-27)11-15-8-9-28-20(15)32/h1-5,14-15,17-18,34H,6-12H2,(H,28,32)(H,29,33)(H,30,31). The second-order valence-electron chi connectivity index (χ2n) is 8.90. The fourth-order valence-electron chi connectivity index (χ4n) is 4.05. The van der Waals surface area contributed by atoms with Crippen molar-refractivity contribution < 1.29 is 32.7 Å². The number of carbonyl (C=O) groups is 3. The van der Waals surface area contributed by atoms with Crippen molar-refractivity contribution in [3.05, 3.63) is 35.9 Å². The molecule has 0 spiro atoms. The highest BCUT2D eigenvalue weighted by atomic mass is 19.4. The third-order valence-electron chi connectivity index (χ3n) is 6.21. The Hall–Kier alpha value is -3.13. The number of hydrogen-bond donors (Lipinski definition) is 4. The van der Waals surface area contributed by atoms with Crippen molar-refractivity contribution in [2.75, 3.05) is 6.54 Å². The topological polar surface area (TPSA) is 131 Å². The molecule has 1 saturated carbocycles. The predicted octanol–water partition coefficient (Wildman–Crippen LogP) is 1.65. The molecule has 3 amide bonds. The summed E-state index contributed by atoms with van der Waals surface area (Å²) in [6.07, 6.45) is -3.98. The van der Waals surface area contributed by atoms with Crippen LogP contribution < -0.4 is 16.0 Å². The fourth-order valence-corrected chi connectivity index (χ4v) is 4.05. The molecule has 1 aliphatic carbocycles. The van der Waals surface area contributed by atoms with Gasteiger partial charge >= 0.3 is 6.18 Å². The van der Waals surface area contributed by atoms with Gasteiger partial charge in [-0.15, -0.1) is 0 Å². The van der Waals surface area contributed by atoms with Crippen molar-refractivity contribution in [2.45, 2.75) is 62.4 Å². The number of nitrogens with zero attached hydrogens (tertiary/aromatic N) is 1. The maximum atomic E-state index is 13.7. The number of nitriles is 1. The summed E-state index contributed by atoms with van der Waals surface area (Å²) in [4.78, 5) is 37.2. The molecule has 11 heteroatoms. The number of amides is 3. The van der Waals surface area contributed by atoms with Gasteiger partial charge in [-0.2, -0.15) is 18.4 Å². The third-order valence-corrected chi connectivity index (χ3v) is 6.21. The monoisotopic (exact) mass is 480 g/mol. The molecule has 1 saturated heterocycles. The minimum Gasteiger partial charge on any atom is -0.376 e. The van der Waals surface area contributed by atoms with E-state index in [-0.39, 0.29) is 24.7 Å². The Balaban J connectivity index is 1.68. The minimum absolute atomic E-state index is 0.0972. The third kappa shape index (κ3) is 6.26. The van der Waals surface area contributed by atoms with Crippen LogP contribution >= 0.6 is 0 Å². The Kier molecular flexibility index (Phi) is 7.82. The number of benzene rings is 1. The van der Waals surface area contributed by atoms with Crippen LogP contribution in [0.1, 0.15) is 44.1 Å². The molecular weight excluding hydrogens is 453 g/mol. The van der Waals surface area contributed by atoms with E-state index in [0.717, 1.165) is 25.0 Å². The van der Waals surface area contributed by atoms with E-state index in [9.17, 15) is 37.9 Å². The summed E-state index contributed by atoms with van der Waals surface area (Å²) in [5.74, 6) is -2.35. The van der Waals surface area contributed by atoms with E-state index < -0.39 is 53.6 Å². The number of hydrogen-bond acceptors (Lipinski definition) is 5. The van der Waals surface area contributed by atoms with Crippen LogP contribution in [0.15, 0.2) is 30.3 Å². The zero-order valence-electron chi connectivity index (χ0n) is 18.4. The highest BCUT2D eigenvalue weighted by molar-refractivity contribution is 5.88. The molecule has 1 aromatic rings. The van der Waals surface area contributed by atoms with Crippen LogP contribution in [0.25, 0.3) is 0 Å². The lowest BCUT2D eigenvalue weighted by Crippen LogP contribution is -2.52. The molecule has 2 fully saturated rings. The number of rotatable bonds is 10. The average molecular weight is 480 g/mol. The van der Waals surface area contributed by atoms with Gasteiger partial charge in [-0.3, -0.25) is 14.4 Å². The van der Waals surface area contributed by atoms with Crippen LogP contribution in [0.4, 0.5) is 13.2 Å². The number of aliphatic hydroxyl groups is 1. The normalized spacial score (nSPS) is 21.5. The van der Waals surface area contributed by atoms with Crippen LogP contribution in [0.2, 0.25) is 0 Å². The van der Waals surface area contributed by atoms with Gasteiger partial charge in [0.2, 0.25) is 17.7 Å². The maximum absolute atomic E-state index is 13.7. The SMILES string of the molecule is N#CC(CC1CCNC1=O)NC(=O)C(CC1CC1)NC(=O)CC(O)(c1ccccc1)C(F)(F)F. The van der Waals surface area contributed by atoms with Crippen molar-refractivity contribution >= 4 is 17.7 Å². The van der Waals surface area contributed by atoms with Crippen LogP contribution in [-0.2, 0) is 20.0 Å². The molecule has 0 bridgehead atoms. The Bertz CT molecular complexity index is 946. The molecule has 34 heavy (non-hydrogen) atoms. The summed E-state index contributed by atoms with van der Waals surface area (Å²) >= 11 is 0. The van der Waals surface area contributed by atoms with Gasteiger partial charge in [0.15, 0.2) is 5.60 Å². The summed E-state index contributed by atoms with van der Waals surface area (Å²) in [5, 5.41) is 27.3. The molecule has 4 atom stereocenters. The van der Waals surface area contributed by atoms with Crippen molar-refractivity contribution in [1.82, 2.24) is 16.0 Å². The average Bonchev–Trinajstić information content (AvgIpc) is 3.52. The lowest BCUT2D eigenvalue weighted by molar-refractivity contribution is -0.267. The first-order valence-corrected chi connectivity index (χ1v) is 11.1. The number of carbonyl (C=O) groups excluding carboxylic acids is 3. The van der Waals surface area contributed by atoms with Crippen LogP contribution in [0, 0.1) is 23.2 Å². The molecule has 1 aromatic carbocycles. The zero-order valence-corrected chi connectivity index (χ0v) is 18.4. The molecule has 8 nitrogen and oxygen atoms in total. The molecule has 3 rings (SSSR count). The predicted molar refractivity (Wildman–Crippen MR) is 114 cm³/mol. The van der Waals surface area contributed by atoms with Crippen molar-refractivity contribution in [2.24, 2.45) is 11.8 Å². The van der Waals surface area contributed by atoms with Gasteiger partial charge in [0.25, 0.3) is 0 Å². The van der Waals surface area contributed by atoms with Gasteiger partial charge < -0.3 is 21.1 Å². The molecule has 0 radical (unpaired) electrons. The van der Waals surface area contributed by atoms with Crippen molar-refractivity contribution in [1.29, 1.82) is 5.26 Å². The van der Waals surface area contributed by atoms with Crippen LogP contribution in [0.5, 0.6) is 0 Å². The Labute approximate surface area is 194 Å². The number of nitrogens with one attached hydrogen (secondary N) is 3. The maximum Gasteiger partial charge on any atom is 0.421 e. The van der Waals surface area contributed by atoms with Gasteiger partial charge in [0.1, 0.15) is 12.1 Å². The van der Waals surface area contributed by atoms with E-state index in [4.69, 9.17) is 0 Å². The summed E-state index contributed by atoms with van der Waals surface area (Å²) in [5.41, 5.74) is -3.91. The summed E-state index contributed by atoms with van der Waals surface area (Å²) in [6.45, 7) is 0.486. The van der Waals surface area contributed by atoms with Gasteiger partial charge in [-0.1, -0.05) is 43.2 Å². The smallest absolute Gasteiger partial charge is 0.376 e. The number of alkyl halides is 3. The highest BCUT2D eigenvalue weighted by Crippen LogP contribution is 2.41. The first-order chi connectivity index (χ1) is 16.0. The molecular formula is C23H27F3N4O4. The summed E-state index contributed by atoms with van der Waals surface area (Å²) in [7, 11) is 0. The first kappa shape index (κ1) is 25.5. The van der Waals surface area contributed by atoms with Gasteiger partial charge in [-0.05, 0) is 30.7 Å². The molecule has 4 N–H and O–H groups in total. The van der Waals surface area contributed by atoms with E-state index in [1.807, 2.05) is 6.07 Å².